The Bertz CT molecular complexity index is 2150. The fourth-order valence-electron chi connectivity index (χ4n) is 5.63. The van der Waals surface area contributed by atoms with Crippen LogP contribution in [0.15, 0.2) is 59.8 Å². The van der Waals surface area contributed by atoms with Crippen LogP contribution in [0.1, 0.15) is 30.2 Å². The van der Waals surface area contributed by atoms with Crippen molar-refractivity contribution in [2.45, 2.75) is 36.0 Å². The van der Waals surface area contributed by atoms with Crippen LogP contribution < -0.4 is 9.47 Å². The lowest BCUT2D eigenvalue weighted by Gasteiger charge is -2.41. The van der Waals surface area contributed by atoms with Crippen molar-refractivity contribution in [2.24, 2.45) is 0 Å². The summed E-state index contributed by atoms with van der Waals surface area (Å²) in [6, 6.07) is 8.74. The van der Waals surface area contributed by atoms with Crippen LogP contribution in [-0.2, 0) is 26.5 Å². The number of carbonyl (C=O) groups is 1. The Morgan fingerprint density at radius 2 is 1.87 bits per heavy atom. The maximum absolute atomic E-state index is 15.7. The molecule has 0 spiro atoms. The van der Waals surface area contributed by atoms with Gasteiger partial charge < -0.3 is 24.5 Å². The normalized spacial score (nSPS) is 17.5. The minimum atomic E-state index is -4.18. The van der Waals surface area contributed by atoms with Gasteiger partial charge in [-0.15, -0.1) is 0 Å². The van der Waals surface area contributed by atoms with Gasteiger partial charge in [0.1, 0.15) is 33.5 Å². The molecule has 0 amide bonds. The van der Waals surface area contributed by atoms with Crippen molar-refractivity contribution in [3.63, 3.8) is 0 Å². The number of sulfone groups is 1. The fraction of sp³-hybridized carbons (Fsp3) is 0.226. The third-order valence-corrected chi connectivity index (χ3v) is 9.20. The Balaban J connectivity index is 1.42. The molecule has 3 heterocycles. The highest BCUT2D eigenvalue weighted by Gasteiger charge is 2.58. The predicted octanol–water partition coefficient (Wildman–Crippen LogP) is 6.52. The number of rotatable bonds is 8. The third kappa shape index (κ3) is 4.94. The number of H-pyrrole nitrogens is 2. The summed E-state index contributed by atoms with van der Waals surface area (Å²) in [6.45, 7) is 0.211. The Morgan fingerprint density at radius 1 is 1.11 bits per heavy atom. The Labute approximate surface area is 257 Å². The summed E-state index contributed by atoms with van der Waals surface area (Å²) in [5.74, 6) is -9.82. The molecule has 1 atom stereocenters. The number of ether oxygens (including phenoxy) is 2. The van der Waals surface area contributed by atoms with Gasteiger partial charge in [-0.1, -0.05) is 18.2 Å². The summed E-state index contributed by atoms with van der Waals surface area (Å²) in [5, 5.41) is 8.95. The number of aryl methyl sites for hydroxylation is 1. The van der Waals surface area contributed by atoms with E-state index >= 15 is 17.6 Å². The molecule has 46 heavy (non-hydrogen) atoms. The number of alkyl halides is 2. The molecular formula is C31H24F5N3O6S. The van der Waals surface area contributed by atoms with Crippen LogP contribution in [0.3, 0.4) is 0 Å². The highest BCUT2D eigenvalue weighted by atomic mass is 32.2. The predicted molar refractivity (Wildman–Crippen MR) is 155 cm³/mol. The number of benzene rings is 3. The van der Waals surface area contributed by atoms with Gasteiger partial charge in [-0.2, -0.15) is 4.39 Å². The Kier molecular flexibility index (Phi) is 7.34. The average Bonchev–Trinajstić information content (AvgIpc) is 3.68. The second kappa shape index (κ2) is 10.9. The SMILES string of the molecule is C[C@@]1(c2c[nH]c(-c3cc(Oc4c(F)c(F)c5[nH]ccc5c4S(C)(=O)=O)ccc3F)n2)c2cccc(CCC(=O)O)c2OCC1(F)F. The molecule has 240 valence electrons. The van der Waals surface area contributed by atoms with Gasteiger partial charge in [0.25, 0.3) is 5.92 Å². The van der Waals surface area contributed by atoms with E-state index in [9.17, 15) is 17.6 Å². The van der Waals surface area contributed by atoms with E-state index in [0.29, 0.717) is 5.56 Å². The van der Waals surface area contributed by atoms with Gasteiger partial charge in [-0.05, 0) is 43.2 Å². The lowest BCUT2D eigenvalue weighted by molar-refractivity contribution is -0.137. The van der Waals surface area contributed by atoms with Crippen LogP contribution >= 0.6 is 0 Å². The van der Waals surface area contributed by atoms with Crippen molar-refractivity contribution < 1.29 is 49.7 Å². The zero-order valence-corrected chi connectivity index (χ0v) is 24.9. The first-order valence-electron chi connectivity index (χ1n) is 13.7. The molecule has 0 saturated heterocycles. The number of carboxylic acids is 1. The maximum Gasteiger partial charge on any atom is 0.303 e. The van der Waals surface area contributed by atoms with E-state index in [1.54, 1.807) is 6.07 Å². The summed E-state index contributed by atoms with van der Waals surface area (Å²) in [7, 11) is -4.18. The third-order valence-electron chi connectivity index (χ3n) is 8.06. The number of halogens is 5. The van der Waals surface area contributed by atoms with Crippen molar-refractivity contribution in [1.29, 1.82) is 0 Å². The van der Waals surface area contributed by atoms with Crippen LogP contribution in [0, 0.1) is 17.5 Å². The second-order valence-electron chi connectivity index (χ2n) is 11.0. The summed E-state index contributed by atoms with van der Waals surface area (Å²) in [4.78, 5) is 19.9. The van der Waals surface area contributed by atoms with E-state index < -0.39 is 61.8 Å². The van der Waals surface area contributed by atoms with Crippen molar-refractivity contribution in [3.05, 3.63) is 89.1 Å². The van der Waals surface area contributed by atoms with Crippen LogP contribution in [-0.4, -0.2) is 53.2 Å². The first kappa shape index (κ1) is 31.1. The molecule has 0 fully saturated rings. The highest BCUT2D eigenvalue weighted by molar-refractivity contribution is 7.91. The van der Waals surface area contributed by atoms with Crippen LogP contribution in [0.4, 0.5) is 22.0 Å². The molecule has 1 aliphatic rings. The smallest absolute Gasteiger partial charge is 0.303 e. The van der Waals surface area contributed by atoms with Crippen molar-refractivity contribution in [3.8, 4) is 28.6 Å². The zero-order chi connectivity index (χ0) is 33.2. The molecule has 3 N–H and O–H groups in total. The quantitative estimate of drug-likeness (QED) is 0.127. The molecular weight excluding hydrogens is 637 g/mol. The number of hydrogen-bond donors (Lipinski definition) is 3. The molecule has 0 unspecified atom stereocenters. The fourth-order valence-corrected chi connectivity index (χ4v) is 6.67. The van der Waals surface area contributed by atoms with E-state index in [-0.39, 0.29) is 57.9 Å². The van der Waals surface area contributed by atoms with Gasteiger partial charge in [0.2, 0.25) is 5.82 Å². The topological polar surface area (TPSA) is 134 Å². The van der Waals surface area contributed by atoms with Gasteiger partial charge in [-0.25, -0.2) is 31.0 Å². The number of imidazole rings is 1. The van der Waals surface area contributed by atoms with Gasteiger partial charge >= 0.3 is 5.97 Å². The number of carboxylic acid groups (broad SMARTS) is 1. The van der Waals surface area contributed by atoms with E-state index in [0.717, 1.165) is 24.5 Å². The number of nitrogens with zero attached hydrogens (tertiary/aromatic N) is 1. The minimum absolute atomic E-state index is 0.0343. The largest absolute Gasteiger partial charge is 0.487 e. The number of aromatic nitrogens is 3. The van der Waals surface area contributed by atoms with E-state index in [1.165, 1.54) is 37.5 Å². The van der Waals surface area contributed by atoms with Crippen LogP contribution in [0.5, 0.6) is 17.2 Å². The van der Waals surface area contributed by atoms with E-state index in [2.05, 4.69) is 15.0 Å². The number of fused-ring (bicyclic) bond motifs is 2. The first-order chi connectivity index (χ1) is 21.6. The molecule has 0 aliphatic carbocycles. The summed E-state index contributed by atoms with van der Waals surface area (Å²) >= 11 is 0. The van der Waals surface area contributed by atoms with Gasteiger partial charge in [0.05, 0.1) is 16.8 Å². The van der Waals surface area contributed by atoms with Gasteiger partial charge in [0, 0.05) is 36.0 Å². The number of para-hydroxylation sites is 1. The lowest BCUT2D eigenvalue weighted by Crippen LogP contribution is -2.51. The molecule has 5 aromatic rings. The molecule has 15 heteroatoms. The molecule has 2 aromatic heterocycles. The monoisotopic (exact) mass is 661 g/mol. The number of aliphatic carboxylic acids is 1. The molecule has 0 radical (unpaired) electrons. The lowest BCUT2D eigenvalue weighted by atomic mass is 9.72. The first-order valence-corrected chi connectivity index (χ1v) is 15.6. The molecule has 0 saturated carbocycles. The number of hydrogen-bond acceptors (Lipinski definition) is 6. The van der Waals surface area contributed by atoms with Gasteiger partial charge in [-0.3, -0.25) is 4.79 Å². The Morgan fingerprint density at radius 3 is 2.59 bits per heavy atom. The Hall–Kier alpha value is -4.92. The van der Waals surface area contributed by atoms with Crippen molar-refractivity contribution in [1.82, 2.24) is 15.0 Å². The summed E-state index contributed by atoms with van der Waals surface area (Å²) in [5.41, 5.74) is -2.51. The van der Waals surface area contributed by atoms with E-state index in [4.69, 9.17) is 14.6 Å². The second-order valence-corrected chi connectivity index (χ2v) is 13.0. The number of aromatic amines is 2. The molecule has 0 bridgehead atoms. The standard InChI is InChI=1S/C31H24F5N3O6S/c1-30(19-5-3-4-15(6-9-22(40)41)26(19)44-14-31(30,35)36)21-13-38-29(39-21)18-12-16(7-8-20(18)32)45-27-24(34)23(33)25-17(10-11-37-25)28(27)46(2,42)43/h3-5,7-8,10-13,37H,6,9,14H2,1-2H3,(H,38,39)(H,40,41)/t30-/m0/s1. The zero-order valence-electron chi connectivity index (χ0n) is 24.1. The highest BCUT2D eigenvalue weighted by Crippen LogP contribution is 2.52. The molecule has 9 nitrogen and oxygen atoms in total. The minimum Gasteiger partial charge on any atom is -0.487 e. The maximum atomic E-state index is 15.7. The summed E-state index contributed by atoms with van der Waals surface area (Å²) < 4.78 is 113. The van der Waals surface area contributed by atoms with Gasteiger partial charge in [0.15, 0.2) is 28.0 Å². The van der Waals surface area contributed by atoms with Crippen molar-refractivity contribution in [2.75, 3.05) is 12.9 Å². The summed E-state index contributed by atoms with van der Waals surface area (Å²) in [6.07, 6.45) is 2.98. The van der Waals surface area contributed by atoms with Crippen molar-refractivity contribution >= 4 is 26.7 Å². The molecule has 6 rings (SSSR count). The van der Waals surface area contributed by atoms with E-state index in [1.807, 2.05) is 0 Å². The number of nitrogens with one attached hydrogen (secondary N) is 2. The average molecular weight is 662 g/mol. The molecule has 3 aromatic carbocycles. The van der Waals surface area contributed by atoms with Crippen LogP contribution in [0.25, 0.3) is 22.3 Å². The van der Waals surface area contributed by atoms with Crippen LogP contribution in [0.2, 0.25) is 0 Å². The molecule has 1 aliphatic heterocycles.